The van der Waals surface area contributed by atoms with Crippen LogP contribution in [-0.4, -0.2) is 33.4 Å². The van der Waals surface area contributed by atoms with Crippen molar-refractivity contribution in [2.24, 2.45) is 0 Å². The fourth-order valence-corrected chi connectivity index (χ4v) is 2.04. The van der Waals surface area contributed by atoms with Gasteiger partial charge < -0.3 is 14.4 Å². The van der Waals surface area contributed by atoms with Crippen molar-refractivity contribution < 1.29 is 19.1 Å². The van der Waals surface area contributed by atoms with E-state index >= 15 is 0 Å². The second-order valence-corrected chi connectivity index (χ2v) is 4.69. The van der Waals surface area contributed by atoms with Crippen molar-refractivity contribution in [3.05, 3.63) is 53.2 Å². The fourth-order valence-electron chi connectivity index (χ4n) is 2.04. The Hall–Kier alpha value is -2.63. The molecule has 2 aromatic rings. The Kier molecular flexibility index (Phi) is 4.37. The lowest BCUT2D eigenvalue weighted by Gasteiger charge is -2.19. The van der Waals surface area contributed by atoms with Crippen molar-refractivity contribution in [2.45, 2.75) is 20.4 Å². The molecule has 6 heteroatoms. The van der Waals surface area contributed by atoms with E-state index in [0.29, 0.717) is 11.6 Å². The van der Waals surface area contributed by atoms with Crippen LogP contribution in [0.1, 0.15) is 27.7 Å². The monoisotopic (exact) mass is 288 g/mol. The van der Waals surface area contributed by atoms with Crippen molar-refractivity contribution in [1.82, 2.24) is 9.88 Å². The van der Waals surface area contributed by atoms with Gasteiger partial charge in [0, 0.05) is 13.5 Å². The summed E-state index contributed by atoms with van der Waals surface area (Å²) in [6, 6.07) is 9.20. The van der Waals surface area contributed by atoms with Gasteiger partial charge in [-0.05, 0) is 12.5 Å². The van der Waals surface area contributed by atoms with Gasteiger partial charge in [-0.15, -0.1) is 0 Å². The molecule has 0 atom stereocenters. The van der Waals surface area contributed by atoms with Crippen LogP contribution in [0.25, 0.3) is 0 Å². The summed E-state index contributed by atoms with van der Waals surface area (Å²) >= 11 is 0. The molecule has 2 rings (SSSR count). The molecule has 0 saturated carbocycles. The van der Waals surface area contributed by atoms with Gasteiger partial charge in [-0.2, -0.15) is 0 Å². The molecule has 1 aromatic heterocycles. The van der Waals surface area contributed by atoms with Crippen LogP contribution in [0.5, 0.6) is 0 Å². The van der Waals surface area contributed by atoms with E-state index in [0.717, 1.165) is 5.56 Å². The molecule has 0 saturated heterocycles. The molecule has 0 aliphatic rings. The van der Waals surface area contributed by atoms with Gasteiger partial charge in [0.2, 0.25) is 5.76 Å². The molecule has 21 heavy (non-hydrogen) atoms. The summed E-state index contributed by atoms with van der Waals surface area (Å²) in [5.41, 5.74) is 1.31. The summed E-state index contributed by atoms with van der Waals surface area (Å²) in [7, 11) is 0. The number of benzene rings is 1. The maximum atomic E-state index is 12.4. The van der Waals surface area contributed by atoms with Crippen molar-refractivity contribution >= 4 is 11.9 Å². The number of nitrogens with zero attached hydrogens (tertiary/aromatic N) is 2. The first-order chi connectivity index (χ1) is 9.97. The molecule has 0 aliphatic carbocycles. The average molecular weight is 288 g/mol. The highest BCUT2D eigenvalue weighted by atomic mass is 16.4. The van der Waals surface area contributed by atoms with Gasteiger partial charge in [-0.3, -0.25) is 9.59 Å². The Labute approximate surface area is 122 Å². The summed E-state index contributed by atoms with van der Waals surface area (Å²) in [6.07, 6.45) is 0. The number of oxazole rings is 1. The predicted octanol–water partition coefficient (Wildman–Crippen LogP) is 2.02. The number of hydrogen-bond donors (Lipinski definition) is 1. The first kappa shape index (κ1) is 14.8. The van der Waals surface area contributed by atoms with E-state index in [1.807, 2.05) is 30.3 Å². The van der Waals surface area contributed by atoms with Crippen molar-refractivity contribution in [3.63, 3.8) is 0 Å². The summed E-state index contributed by atoms with van der Waals surface area (Å²) in [4.78, 5) is 28.7. The van der Waals surface area contributed by atoms with Crippen LogP contribution in [0.3, 0.4) is 0 Å². The van der Waals surface area contributed by atoms with E-state index in [2.05, 4.69) is 4.98 Å². The maximum Gasteiger partial charge on any atom is 0.323 e. The van der Waals surface area contributed by atoms with Crippen LogP contribution in [-0.2, 0) is 11.3 Å². The largest absolute Gasteiger partial charge is 0.480 e. The van der Waals surface area contributed by atoms with Gasteiger partial charge in [0.05, 0.1) is 5.69 Å². The number of carboxylic acids is 1. The minimum atomic E-state index is -1.08. The lowest BCUT2D eigenvalue weighted by atomic mass is 10.2. The van der Waals surface area contributed by atoms with Gasteiger partial charge in [0.15, 0.2) is 5.89 Å². The Morgan fingerprint density at radius 1 is 1.24 bits per heavy atom. The Balaban J connectivity index is 2.25. The van der Waals surface area contributed by atoms with Crippen LogP contribution in [0, 0.1) is 13.8 Å². The van der Waals surface area contributed by atoms with Crippen LogP contribution >= 0.6 is 0 Å². The van der Waals surface area contributed by atoms with E-state index in [1.165, 1.54) is 4.90 Å². The molecule has 1 aromatic carbocycles. The standard InChI is InChI=1S/C15H16N2O4/c1-10-14(21-11(2)16-10)15(20)17(9-13(18)19)8-12-6-4-3-5-7-12/h3-7H,8-9H2,1-2H3,(H,18,19). The molecule has 1 heterocycles. The molecule has 0 aliphatic heterocycles. The highest BCUT2D eigenvalue weighted by molar-refractivity contribution is 5.94. The van der Waals surface area contributed by atoms with Crippen LogP contribution in [0.4, 0.5) is 0 Å². The average Bonchev–Trinajstić information content (AvgIpc) is 2.77. The molecule has 0 radical (unpaired) electrons. The van der Waals surface area contributed by atoms with Crippen LogP contribution < -0.4 is 0 Å². The molecule has 0 unspecified atom stereocenters. The minimum Gasteiger partial charge on any atom is -0.480 e. The van der Waals surface area contributed by atoms with E-state index in [9.17, 15) is 9.59 Å². The quantitative estimate of drug-likeness (QED) is 0.910. The number of aliphatic carboxylic acids is 1. The molecule has 0 spiro atoms. The third kappa shape index (κ3) is 3.68. The van der Waals surface area contributed by atoms with Crippen molar-refractivity contribution in [3.8, 4) is 0 Å². The number of carbonyl (C=O) groups is 2. The van der Waals surface area contributed by atoms with Gasteiger partial charge in [-0.1, -0.05) is 30.3 Å². The van der Waals surface area contributed by atoms with Gasteiger partial charge in [-0.25, -0.2) is 4.98 Å². The maximum absolute atomic E-state index is 12.4. The van der Waals surface area contributed by atoms with Crippen LogP contribution in [0.2, 0.25) is 0 Å². The minimum absolute atomic E-state index is 0.0877. The van der Waals surface area contributed by atoms with E-state index in [1.54, 1.807) is 13.8 Å². The molecular weight excluding hydrogens is 272 g/mol. The van der Waals surface area contributed by atoms with Gasteiger partial charge in [0.1, 0.15) is 6.54 Å². The number of rotatable bonds is 5. The fraction of sp³-hybridized carbons (Fsp3) is 0.267. The summed E-state index contributed by atoms with van der Waals surface area (Å²) < 4.78 is 5.28. The third-order valence-corrected chi connectivity index (χ3v) is 2.93. The Bertz CT molecular complexity index is 649. The zero-order chi connectivity index (χ0) is 15.4. The lowest BCUT2D eigenvalue weighted by molar-refractivity contribution is -0.137. The molecule has 1 N–H and O–H groups in total. The second kappa shape index (κ2) is 6.21. The Morgan fingerprint density at radius 3 is 2.43 bits per heavy atom. The number of hydrogen-bond acceptors (Lipinski definition) is 4. The highest BCUT2D eigenvalue weighted by Gasteiger charge is 2.24. The number of amides is 1. The van der Waals surface area contributed by atoms with Gasteiger partial charge >= 0.3 is 5.97 Å². The topological polar surface area (TPSA) is 83.6 Å². The highest BCUT2D eigenvalue weighted by Crippen LogP contribution is 2.14. The molecular formula is C15H16N2O4. The first-order valence-electron chi connectivity index (χ1n) is 6.46. The molecule has 6 nitrogen and oxygen atoms in total. The number of carbonyl (C=O) groups excluding carboxylic acids is 1. The zero-order valence-electron chi connectivity index (χ0n) is 11.9. The normalized spacial score (nSPS) is 10.4. The molecule has 1 amide bonds. The van der Waals surface area contributed by atoms with Crippen molar-refractivity contribution in [2.75, 3.05) is 6.54 Å². The van der Waals surface area contributed by atoms with Crippen molar-refractivity contribution in [1.29, 1.82) is 0 Å². The van der Waals surface area contributed by atoms with E-state index in [4.69, 9.17) is 9.52 Å². The molecule has 0 bridgehead atoms. The summed E-state index contributed by atoms with van der Waals surface area (Å²) in [6.45, 7) is 3.10. The van der Waals surface area contributed by atoms with Gasteiger partial charge in [0.25, 0.3) is 5.91 Å². The summed E-state index contributed by atoms with van der Waals surface area (Å²) in [5, 5.41) is 8.99. The number of carboxylic acid groups (broad SMARTS) is 1. The molecule has 0 fully saturated rings. The first-order valence-corrected chi connectivity index (χ1v) is 6.46. The van der Waals surface area contributed by atoms with E-state index in [-0.39, 0.29) is 12.3 Å². The smallest absolute Gasteiger partial charge is 0.323 e. The second-order valence-electron chi connectivity index (χ2n) is 4.69. The number of aryl methyl sites for hydroxylation is 2. The zero-order valence-corrected chi connectivity index (χ0v) is 11.9. The SMILES string of the molecule is Cc1nc(C)c(C(=O)N(CC(=O)O)Cc2ccccc2)o1. The third-order valence-electron chi connectivity index (χ3n) is 2.93. The van der Waals surface area contributed by atoms with E-state index < -0.39 is 18.4 Å². The molecule has 110 valence electrons. The van der Waals surface area contributed by atoms with Crippen LogP contribution in [0.15, 0.2) is 34.7 Å². The number of aromatic nitrogens is 1. The predicted molar refractivity (Wildman–Crippen MR) is 74.8 cm³/mol. The lowest BCUT2D eigenvalue weighted by Crippen LogP contribution is -2.35. The summed E-state index contributed by atoms with van der Waals surface area (Å²) in [5.74, 6) is -1.08. The Morgan fingerprint density at radius 2 is 1.90 bits per heavy atom.